The first-order valence-electron chi connectivity index (χ1n) is 7.08. The molecule has 4 rings (SSSR count). The SMILES string of the molecule is OC(c1cccc2ccccc12)C1Cc2ccccc21. The van der Waals surface area contributed by atoms with Crippen molar-refractivity contribution in [3.8, 4) is 0 Å². The molecular formula is C19H16O. The van der Waals surface area contributed by atoms with E-state index in [9.17, 15) is 5.11 Å². The van der Waals surface area contributed by atoms with Crippen molar-refractivity contribution in [3.63, 3.8) is 0 Å². The van der Waals surface area contributed by atoms with Crippen molar-refractivity contribution in [2.75, 3.05) is 0 Å². The zero-order chi connectivity index (χ0) is 13.5. The fraction of sp³-hybridized carbons (Fsp3) is 0.158. The molecule has 0 spiro atoms. The van der Waals surface area contributed by atoms with Crippen LogP contribution in [0, 0.1) is 0 Å². The second kappa shape index (κ2) is 4.46. The van der Waals surface area contributed by atoms with Gasteiger partial charge in [-0.3, -0.25) is 0 Å². The van der Waals surface area contributed by atoms with Crippen LogP contribution in [-0.2, 0) is 6.42 Å². The average Bonchev–Trinajstić information content (AvgIpc) is 2.48. The summed E-state index contributed by atoms with van der Waals surface area (Å²) in [5.74, 6) is 0.233. The fourth-order valence-electron chi connectivity index (χ4n) is 3.30. The van der Waals surface area contributed by atoms with Crippen molar-refractivity contribution < 1.29 is 5.11 Å². The lowest BCUT2D eigenvalue weighted by Crippen LogP contribution is -2.23. The average molecular weight is 260 g/mol. The molecule has 0 heterocycles. The van der Waals surface area contributed by atoms with Crippen LogP contribution >= 0.6 is 0 Å². The maximum absolute atomic E-state index is 10.8. The van der Waals surface area contributed by atoms with Gasteiger partial charge in [0.1, 0.15) is 0 Å². The molecule has 3 aromatic rings. The Morgan fingerprint density at radius 3 is 2.50 bits per heavy atom. The molecule has 3 aromatic carbocycles. The molecule has 0 radical (unpaired) electrons. The third kappa shape index (κ3) is 1.67. The lowest BCUT2D eigenvalue weighted by Gasteiger charge is -2.34. The maximum Gasteiger partial charge on any atom is 0.0867 e. The largest absolute Gasteiger partial charge is 0.388 e. The number of rotatable bonds is 2. The molecule has 98 valence electrons. The van der Waals surface area contributed by atoms with Gasteiger partial charge in [-0.2, -0.15) is 0 Å². The Morgan fingerprint density at radius 1 is 0.850 bits per heavy atom. The smallest absolute Gasteiger partial charge is 0.0867 e. The Morgan fingerprint density at radius 2 is 1.60 bits per heavy atom. The van der Waals surface area contributed by atoms with Gasteiger partial charge >= 0.3 is 0 Å². The highest BCUT2D eigenvalue weighted by atomic mass is 16.3. The zero-order valence-electron chi connectivity index (χ0n) is 11.2. The number of aliphatic hydroxyl groups excluding tert-OH is 1. The molecule has 0 saturated heterocycles. The van der Waals surface area contributed by atoms with E-state index in [-0.39, 0.29) is 5.92 Å². The highest BCUT2D eigenvalue weighted by molar-refractivity contribution is 5.86. The standard InChI is InChI=1S/C19H16O/c20-19(18-12-14-7-2-4-10-16(14)18)17-11-5-8-13-6-1-3-9-15(13)17/h1-11,18-20H,12H2. The molecule has 2 unspecified atom stereocenters. The van der Waals surface area contributed by atoms with Gasteiger partial charge in [0.05, 0.1) is 6.10 Å². The van der Waals surface area contributed by atoms with Crippen LogP contribution in [0.5, 0.6) is 0 Å². The van der Waals surface area contributed by atoms with Gasteiger partial charge in [-0.1, -0.05) is 66.7 Å². The van der Waals surface area contributed by atoms with Crippen molar-refractivity contribution in [2.45, 2.75) is 18.4 Å². The molecule has 0 fully saturated rings. The van der Waals surface area contributed by atoms with Gasteiger partial charge in [-0.25, -0.2) is 0 Å². The Hall–Kier alpha value is -2.12. The molecule has 0 aromatic heterocycles. The van der Waals surface area contributed by atoms with Crippen LogP contribution in [0.15, 0.2) is 66.7 Å². The summed E-state index contributed by atoms with van der Waals surface area (Å²) in [6, 6.07) is 22.9. The first-order valence-corrected chi connectivity index (χ1v) is 7.08. The van der Waals surface area contributed by atoms with Gasteiger partial charge < -0.3 is 5.11 Å². The van der Waals surface area contributed by atoms with Crippen LogP contribution in [-0.4, -0.2) is 5.11 Å². The number of benzene rings is 3. The van der Waals surface area contributed by atoms with Gasteiger partial charge in [-0.15, -0.1) is 0 Å². The molecular weight excluding hydrogens is 244 g/mol. The molecule has 0 aliphatic heterocycles. The lowest BCUT2D eigenvalue weighted by molar-refractivity contribution is 0.136. The van der Waals surface area contributed by atoms with E-state index in [1.54, 1.807) is 0 Å². The zero-order valence-corrected chi connectivity index (χ0v) is 11.2. The first kappa shape index (κ1) is 11.7. The lowest BCUT2D eigenvalue weighted by atomic mass is 9.72. The van der Waals surface area contributed by atoms with Gasteiger partial charge in [0.2, 0.25) is 0 Å². The molecule has 0 saturated carbocycles. The fourth-order valence-corrected chi connectivity index (χ4v) is 3.30. The summed E-state index contributed by atoms with van der Waals surface area (Å²) in [5.41, 5.74) is 3.72. The Balaban J connectivity index is 1.77. The third-order valence-corrected chi connectivity index (χ3v) is 4.42. The minimum atomic E-state index is -0.420. The predicted molar refractivity (Wildman–Crippen MR) is 81.8 cm³/mol. The van der Waals surface area contributed by atoms with E-state index in [2.05, 4.69) is 42.5 Å². The molecule has 2 atom stereocenters. The Kier molecular flexibility index (Phi) is 2.61. The summed E-state index contributed by atoms with van der Waals surface area (Å²) in [4.78, 5) is 0. The molecule has 1 aliphatic rings. The number of aliphatic hydroxyl groups is 1. The van der Waals surface area contributed by atoms with Gasteiger partial charge in [0.25, 0.3) is 0 Å². The van der Waals surface area contributed by atoms with E-state index in [4.69, 9.17) is 0 Å². The van der Waals surface area contributed by atoms with Crippen molar-refractivity contribution in [1.82, 2.24) is 0 Å². The Bertz CT molecular complexity index is 770. The predicted octanol–water partition coefficient (Wildman–Crippen LogP) is 4.21. The van der Waals surface area contributed by atoms with Crippen LogP contribution in [0.1, 0.15) is 28.7 Å². The summed E-state index contributed by atoms with van der Waals surface area (Å²) >= 11 is 0. The second-order valence-corrected chi connectivity index (χ2v) is 5.52. The van der Waals surface area contributed by atoms with Gasteiger partial charge in [0, 0.05) is 5.92 Å². The summed E-state index contributed by atoms with van der Waals surface area (Å²) in [5, 5.41) is 13.1. The Labute approximate surface area is 118 Å². The molecule has 1 aliphatic carbocycles. The minimum Gasteiger partial charge on any atom is -0.388 e. The first-order chi connectivity index (χ1) is 9.84. The summed E-state index contributed by atoms with van der Waals surface area (Å²) in [6.45, 7) is 0. The molecule has 20 heavy (non-hydrogen) atoms. The highest BCUT2D eigenvalue weighted by Gasteiger charge is 2.32. The second-order valence-electron chi connectivity index (χ2n) is 5.52. The third-order valence-electron chi connectivity index (χ3n) is 4.42. The van der Waals surface area contributed by atoms with Crippen molar-refractivity contribution in [1.29, 1.82) is 0 Å². The van der Waals surface area contributed by atoms with E-state index >= 15 is 0 Å². The van der Waals surface area contributed by atoms with Gasteiger partial charge in [0.15, 0.2) is 0 Å². The molecule has 0 bridgehead atoms. The minimum absolute atomic E-state index is 0.233. The topological polar surface area (TPSA) is 20.2 Å². The van der Waals surface area contributed by atoms with Crippen LogP contribution < -0.4 is 0 Å². The van der Waals surface area contributed by atoms with E-state index in [1.807, 2.05) is 24.3 Å². The quantitative estimate of drug-likeness (QED) is 0.731. The van der Waals surface area contributed by atoms with Crippen LogP contribution in [0.25, 0.3) is 10.8 Å². The van der Waals surface area contributed by atoms with Crippen LogP contribution in [0.3, 0.4) is 0 Å². The molecule has 0 amide bonds. The molecule has 1 heteroatoms. The number of hydrogen-bond acceptors (Lipinski definition) is 1. The van der Waals surface area contributed by atoms with Crippen LogP contribution in [0.2, 0.25) is 0 Å². The highest BCUT2D eigenvalue weighted by Crippen LogP contribution is 2.44. The molecule has 1 N–H and O–H groups in total. The maximum atomic E-state index is 10.8. The van der Waals surface area contributed by atoms with E-state index < -0.39 is 6.10 Å². The van der Waals surface area contributed by atoms with Gasteiger partial charge in [-0.05, 0) is 33.9 Å². The van der Waals surface area contributed by atoms with E-state index in [0.29, 0.717) is 0 Å². The van der Waals surface area contributed by atoms with Crippen molar-refractivity contribution >= 4 is 10.8 Å². The summed E-state index contributed by atoms with van der Waals surface area (Å²) < 4.78 is 0. The number of fused-ring (bicyclic) bond motifs is 2. The number of hydrogen-bond donors (Lipinski definition) is 1. The molecule has 1 nitrogen and oxygen atoms in total. The van der Waals surface area contributed by atoms with Crippen molar-refractivity contribution in [2.24, 2.45) is 0 Å². The summed E-state index contributed by atoms with van der Waals surface area (Å²) in [7, 11) is 0. The van der Waals surface area contributed by atoms with Crippen molar-refractivity contribution in [3.05, 3.63) is 83.4 Å². The summed E-state index contributed by atoms with van der Waals surface area (Å²) in [6.07, 6.45) is 0.552. The normalized spacial score (nSPS) is 18.4. The van der Waals surface area contributed by atoms with Crippen LogP contribution in [0.4, 0.5) is 0 Å². The monoisotopic (exact) mass is 260 g/mol. The van der Waals surface area contributed by atoms with E-state index in [1.165, 1.54) is 16.5 Å². The van der Waals surface area contributed by atoms with E-state index in [0.717, 1.165) is 17.4 Å².